The van der Waals surface area contributed by atoms with Crippen LogP contribution in [0.2, 0.25) is 0 Å². The third-order valence-corrected chi connectivity index (χ3v) is 4.67. The minimum Gasteiger partial charge on any atom is -0.394 e. The number of rotatable bonds is 6. The maximum absolute atomic E-state index is 9.96. The summed E-state index contributed by atoms with van der Waals surface area (Å²) in [6, 6.07) is 0. The molecule has 0 radical (unpaired) electrons. The van der Waals surface area contributed by atoms with Crippen molar-refractivity contribution in [1.29, 1.82) is 0 Å². The van der Waals surface area contributed by atoms with E-state index in [2.05, 4.69) is 20.8 Å². The fourth-order valence-electron chi connectivity index (χ4n) is 1.30. The van der Waals surface area contributed by atoms with Crippen molar-refractivity contribution in [2.24, 2.45) is 5.41 Å². The molecule has 1 unspecified atom stereocenters. The molecule has 0 aliphatic heterocycles. The van der Waals surface area contributed by atoms with Gasteiger partial charge < -0.3 is 5.11 Å². The van der Waals surface area contributed by atoms with Crippen LogP contribution in [-0.2, 0) is 0 Å². The average Bonchev–Trinajstić information content (AvgIpc) is 1.96. The molecule has 0 saturated carbocycles. The van der Waals surface area contributed by atoms with E-state index in [1.54, 1.807) is 0 Å². The number of unbranched alkanes of at least 4 members (excludes halogenated alkanes) is 3. The third kappa shape index (κ3) is 4.82. The zero-order valence-corrected chi connectivity index (χ0v) is 12.0. The average molecular weight is 202 g/mol. The Labute approximate surface area is 86.4 Å². The van der Waals surface area contributed by atoms with Gasteiger partial charge in [-0.2, -0.15) is 0 Å². The lowest BCUT2D eigenvalue weighted by Crippen LogP contribution is -2.42. The van der Waals surface area contributed by atoms with E-state index < -0.39 is 5.22 Å². The summed E-state index contributed by atoms with van der Waals surface area (Å²) in [5, 5.41) is 9.55. The summed E-state index contributed by atoms with van der Waals surface area (Å²) in [4.78, 5) is 0. The molecule has 80 valence electrons. The normalized spacial score (nSPS) is 17.3. The SMILES string of the molecule is CCCCCCC(C)(C)C(C)(O)[SiH3]. The van der Waals surface area contributed by atoms with Gasteiger partial charge in [-0.3, -0.25) is 0 Å². The third-order valence-electron chi connectivity index (χ3n) is 3.31. The second kappa shape index (κ2) is 5.16. The highest BCUT2D eigenvalue weighted by atomic mass is 28.1. The maximum atomic E-state index is 9.96. The first kappa shape index (κ1) is 13.2. The monoisotopic (exact) mass is 202 g/mol. The molecule has 0 aromatic heterocycles. The van der Waals surface area contributed by atoms with Crippen LogP contribution in [0, 0.1) is 5.41 Å². The van der Waals surface area contributed by atoms with Crippen molar-refractivity contribution in [3.8, 4) is 0 Å². The number of hydrogen-bond acceptors (Lipinski definition) is 1. The standard InChI is InChI=1S/C11H26OSi/c1-5-6-7-8-9-10(2,3)11(4,12)13/h12H,5-9H2,1-4,13H3. The van der Waals surface area contributed by atoms with Crippen molar-refractivity contribution >= 4 is 10.2 Å². The predicted molar refractivity (Wildman–Crippen MR) is 63.1 cm³/mol. The van der Waals surface area contributed by atoms with Gasteiger partial charge in [-0.25, -0.2) is 0 Å². The highest BCUT2D eigenvalue weighted by Gasteiger charge is 2.33. The van der Waals surface area contributed by atoms with Gasteiger partial charge in [0, 0.05) is 15.5 Å². The summed E-state index contributed by atoms with van der Waals surface area (Å²) in [5.74, 6) is 0. The Morgan fingerprint density at radius 1 is 1.08 bits per heavy atom. The minimum atomic E-state index is -0.417. The summed E-state index contributed by atoms with van der Waals surface area (Å²) < 4.78 is 0. The molecule has 0 saturated heterocycles. The van der Waals surface area contributed by atoms with Gasteiger partial charge in [0.25, 0.3) is 0 Å². The molecular weight excluding hydrogens is 176 g/mol. The van der Waals surface area contributed by atoms with E-state index in [1.165, 1.54) is 25.7 Å². The molecule has 0 aromatic carbocycles. The second-order valence-corrected chi connectivity index (χ2v) is 7.20. The molecule has 2 heteroatoms. The fourth-order valence-corrected chi connectivity index (χ4v) is 1.55. The van der Waals surface area contributed by atoms with E-state index in [9.17, 15) is 5.11 Å². The summed E-state index contributed by atoms with van der Waals surface area (Å²) in [6.07, 6.45) is 6.36. The van der Waals surface area contributed by atoms with Crippen molar-refractivity contribution in [2.45, 2.75) is 65.0 Å². The van der Waals surface area contributed by atoms with E-state index in [0.29, 0.717) is 0 Å². The largest absolute Gasteiger partial charge is 0.394 e. The Morgan fingerprint density at radius 3 is 2.00 bits per heavy atom. The fraction of sp³-hybridized carbons (Fsp3) is 1.00. The Hall–Kier alpha value is 0.177. The van der Waals surface area contributed by atoms with E-state index in [-0.39, 0.29) is 5.41 Å². The van der Waals surface area contributed by atoms with Crippen molar-refractivity contribution in [1.82, 2.24) is 0 Å². The van der Waals surface area contributed by atoms with Crippen molar-refractivity contribution in [3.63, 3.8) is 0 Å². The lowest BCUT2D eigenvalue weighted by molar-refractivity contribution is 0.0167. The van der Waals surface area contributed by atoms with Crippen LogP contribution in [-0.4, -0.2) is 20.6 Å². The first-order valence-corrected chi connectivity index (χ1v) is 6.53. The van der Waals surface area contributed by atoms with E-state index in [4.69, 9.17) is 0 Å². The molecule has 0 rings (SSSR count). The Morgan fingerprint density at radius 2 is 1.62 bits per heavy atom. The van der Waals surface area contributed by atoms with Crippen molar-refractivity contribution in [3.05, 3.63) is 0 Å². The summed E-state index contributed by atoms with van der Waals surface area (Å²) in [6.45, 7) is 8.57. The Balaban J connectivity index is 3.77. The minimum absolute atomic E-state index is 0.104. The van der Waals surface area contributed by atoms with Crippen LogP contribution in [0.5, 0.6) is 0 Å². The number of aliphatic hydroxyl groups is 1. The van der Waals surface area contributed by atoms with E-state index in [0.717, 1.165) is 16.7 Å². The highest BCUT2D eigenvalue weighted by Crippen LogP contribution is 2.33. The van der Waals surface area contributed by atoms with Crippen molar-refractivity contribution in [2.75, 3.05) is 0 Å². The number of hydrogen-bond donors (Lipinski definition) is 1. The van der Waals surface area contributed by atoms with Gasteiger partial charge in [0.05, 0.1) is 0 Å². The molecule has 0 amide bonds. The molecule has 0 fully saturated rings. The molecule has 13 heavy (non-hydrogen) atoms. The summed E-state index contributed by atoms with van der Waals surface area (Å²) in [7, 11) is 0.861. The smallest absolute Gasteiger partial charge is 0.0473 e. The molecule has 0 bridgehead atoms. The first-order chi connectivity index (χ1) is 5.81. The molecule has 1 N–H and O–H groups in total. The molecule has 1 atom stereocenters. The van der Waals surface area contributed by atoms with E-state index in [1.807, 2.05) is 6.92 Å². The van der Waals surface area contributed by atoms with Crippen LogP contribution in [0.3, 0.4) is 0 Å². The van der Waals surface area contributed by atoms with Gasteiger partial charge in [-0.1, -0.05) is 46.5 Å². The first-order valence-electron chi connectivity index (χ1n) is 5.53. The predicted octanol–water partition coefficient (Wildman–Crippen LogP) is 2.06. The van der Waals surface area contributed by atoms with Gasteiger partial charge >= 0.3 is 0 Å². The van der Waals surface area contributed by atoms with Gasteiger partial charge in [0.2, 0.25) is 0 Å². The van der Waals surface area contributed by atoms with Crippen LogP contribution in [0.4, 0.5) is 0 Å². The molecule has 0 aliphatic carbocycles. The molecular formula is C11H26OSi. The topological polar surface area (TPSA) is 20.2 Å². The lowest BCUT2D eigenvalue weighted by atomic mass is 9.81. The van der Waals surface area contributed by atoms with Crippen molar-refractivity contribution < 1.29 is 5.11 Å². The van der Waals surface area contributed by atoms with Crippen LogP contribution in [0.1, 0.15) is 59.8 Å². The van der Waals surface area contributed by atoms with Crippen LogP contribution >= 0.6 is 0 Å². The highest BCUT2D eigenvalue weighted by molar-refractivity contribution is 6.14. The summed E-state index contributed by atoms with van der Waals surface area (Å²) >= 11 is 0. The van der Waals surface area contributed by atoms with Gasteiger partial charge in [0.1, 0.15) is 0 Å². The Bertz CT molecular complexity index is 136. The zero-order chi connectivity index (χ0) is 10.5. The van der Waals surface area contributed by atoms with Gasteiger partial charge in [-0.05, 0) is 18.8 Å². The van der Waals surface area contributed by atoms with E-state index >= 15 is 0 Å². The molecule has 0 heterocycles. The lowest BCUT2D eigenvalue weighted by Gasteiger charge is -2.37. The van der Waals surface area contributed by atoms with Gasteiger partial charge in [0.15, 0.2) is 0 Å². The van der Waals surface area contributed by atoms with Crippen LogP contribution in [0.25, 0.3) is 0 Å². The van der Waals surface area contributed by atoms with Crippen LogP contribution in [0.15, 0.2) is 0 Å². The van der Waals surface area contributed by atoms with Crippen LogP contribution < -0.4 is 0 Å². The molecule has 1 nitrogen and oxygen atoms in total. The maximum Gasteiger partial charge on any atom is 0.0473 e. The molecule has 0 aliphatic rings. The second-order valence-electron chi connectivity index (χ2n) is 5.25. The molecule has 0 spiro atoms. The summed E-state index contributed by atoms with van der Waals surface area (Å²) in [5.41, 5.74) is 0.104. The Kier molecular flexibility index (Phi) is 5.23. The zero-order valence-electron chi connectivity index (χ0n) is 9.98. The van der Waals surface area contributed by atoms with Gasteiger partial charge in [-0.15, -0.1) is 0 Å². The molecule has 0 aromatic rings. The quantitative estimate of drug-likeness (QED) is 0.516.